The fraction of sp³-hybridized carbons (Fsp3) is 0.0833. The second kappa shape index (κ2) is 4.10. The second-order valence-corrected chi connectivity index (χ2v) is 4.58. The molecular weight excluding hydrogens is 234 g/mol. The summed E-state index contributed by atoms with van der Waals surface area (Å²) in [6, 6.07) is 7.58. The van der Waals surface area contributed by atoms with Crippen LogP contribution in [0.4, 0.5) is 11.5 Å². The molecule has 0 bridgehead atoms. The van der Waals surface area contributed by atoms with E-state index in [1.54, 1.807) is 17.5 Å². The van der Waals surface area contributed by atoms with Gasteiger partial charge in [-0.2, -0.15) is 0 Å². The molecule has 0 radical (unpaired) electrons. The Labute approximate surface area is 102 Å². The zero-order chi connectivity index (χ0) is 11.7. The molecule has 2 aromatic rings. The third kappa shape index (κ3) is 1.97. The average Bonchev–Trinajstić information content (AvgIpc) is 2.79. The summed E-state index contributed by atoms with van der Waals surface area (Å²) in [5.74, 6) is 0.457. The number of pyridine rings is 1. The van der Waals surface area contributed by atoms with Crippen LogP contribution in [-0.2, 0) is 4.79 Å². The number of hydrogen-bond donors (Lipinski definition) is 1. The van der Waals surface area contributed by atoms with Gasteiger partial charge < -0.3 is 5.32 Å². The van der Waals surface area contributed by atoms with E-state index in [4.69, 9.17) is 0 Å². The van der Waals surface area contributed by atoms with E-state index >= 15 is 0 Å². The van der Waals surface area contributed by atoms with Crippen molar-refractivity contribution in [2.24, 2.45) is 4.99 Å². The Hall–Kier alpha value is -2.01. The van der Waals surface area contributed by atoms with Gasteiger partial charge in [-0.25, -0.2) is 9.98 Å². The molecule has 0 aliphatic carbocycles. The minimum Gasteiger partial charge on any atom is -0.309 e. The Morgan fingerprint density at radius 2 is 2.24 bits per heavy atom. The van der Waals surface area contributed by atoms with Crippen LogP contribution in [0.2, 0.25) is 0 Å². The summed E-state index contributed by atoms with van der Waals surface area (Å²) < 4.78 is 0. The minimum absolute atomic E-state index is 0.0744. The molecule has 1 N–H and O–H groups in total. The zero-order valence-corrected chi connectivity index (χ0v) is 9.70. The Bertz CT molecular complexity index is 590. The molecule has 17 heavy (non-hydrogen) atoms. The van der Waals surface area contributed by atoms with Gasteiger partial charge in [0, 0.05) is 11.1 Å². The van der Waals surface area contributed by atoms with Gasteiger partial charge in [-0.15, -0.1) is 11.3 Å². The maximum absolute atomic E-state index is 11.7. The predicted octanol–water partition coefficient (Wildman–Crippen LogP) is 2.61. The average molecular weight is 243 g/mol. The van der Waals surface area contributed by atoms with E-state index in [9.17, 15) is 4.79 Å². The monoisotopic (exact) mass is 243 g/mol. The number of aliphatic imine (C=N–C) groups is 1. The molecule has 84 valence electrons. The van der Waals surface area contributed by atoms with E-state index in [1.165, 1.54) is 0 Å². The first-order valence-corrected chi connectivity index (χ1v) is 6.07. The van der Waals surface area contributed by atoms with Gasteiger partial charge in [0.2, 0.25) is 5.91 Å². The van der Waals surface area contributed by atoms with Gasteiger partial charge in [0.05, 0.1) is 12.1 Å². The van der Waals surface area contributed by atoms with Crippen molar-refractivity contribution in [1.82, 2.24) is 4.98 Å². The van der Waals surface area contributed by atoms with E-state index < -0.39 is 0 Å². The maximum Gasteiger partial charge on any atom is 0.231 e. The molecule has 0 spiro atoms. The SMILES string of the molecule is O=C1CC(c2cccs2)=Nc2cccnc2N1. The highest BCUT2D eigenvalue weighted by Crippen LogP contribution is 2.27. The van der Waals surface area contributed by atoms with Gasteiger partial charge in [-0.1, -0.05) is 6.07 Å². The van der Waals surface area contributed by atoms with Crippen molar-refractivity contribution in [2.45, 2.75) is 6.42 Å². The topological polar surface area (TPSA) is 54.4 Å². The quantitative estimate of drug-likeness (QED) is 0.837. The standard InChI is InChI=1S/C12H9N3OS/c16-11-7-9(10-4-2-6-17-10)14-8-3-1-5-13-12(8)15-11/h1-6H,7H2,(H,13,15,16). The summed E-state index contributed by atoms with van der Waals surface area (Å²) in [4.78, 5) is 21.4. The van der Waals surface area contributed by atoms with E-state index in [-0.39, 0.29) is 12.3 Å². The molecule has 0 saturated heterocycles. The number of carbonyl (C=O) groups excluding carboxylic acids is 1. The molecule has 4 nitrogen and oxygen atoms in total. The van der Waals surface area contributed by atoms with E-state index in [0.29, 0.717) is 11.5 Å². The number of thiophene rings is 1. The molecule has 1 aliphatic rings. The Morgan fingerprint density at radius 1 is 1.29 bits per heavy atom. The first-order chi connectivity index (χ1) is 8.33. The van der Waals surface area contributed by atoms with Gasteiger partial charge in [0.25, 0.3) is 0 Å². The third-order valence-corrected chi connectivity index (χ3v) is 3.35. The van der Waals surface area contributed by atoms with E-state index in [1.807, 2.05) is 29.6 Å². The molecule has 3 rings (SSSR count). The van der Waals surface area contributed by atoms with E-state index in [2.05, 4.69) is 15.3 Å². The zero-order valence-electron chi connectivity index (χ0n) is 8.88. The minimum atomic E-state index is -0.0744. The smallest absolute Gasteiger partial charge is 0.231 e. The summed E-state index contributed by atoms with van der Waals surface area (Å²) in [6.45, 7) is 0. The summed E-state index contributed by atoms with van der Waals surface area (Å²) in [6.07, 6.45) is 1.93. The number of anilines is 1. The number of rotatable bonds is 1. The van der Waals surface area contributed by atoms with Crippen molar-refractivity contribution >= 4 is 34.5 Å². The van der Waals surface area contributed by atoms with Crippen LogP contribution in [0, 0.1) is 0 Å². The molecule has 0 fully saturated rings. The van der Waals surface area contributed by atoms with Crippen LogP contribution < -0.4 is 5.32 Å². The van der Waals surface area contributed by atoms with Crippen molar-refractivity contribution in [3.63, 3.8) is 0 Å². The number of nitrogens with one attached hydrogen (secondary N) is 1. The van der Waals surface area contributed by atoms with Crippen molar-refractivity contribution in [3.05, 3.63) is 40.7 Å². The van der Waals surface area contributed by atoms with Gasteiger partial charge in [0.15, 0.2) is 5.82 Å². The lowest BCUT2D eigenvalue weighted by Gasteiger charge is -2.00. The lowest BCUT2D eigenvalue weighted by atomic mass is 10.2. The van der Waals surface area contributed by atoms with Crippen LogP contribution in [0.1, 0.15) is 11.3 Å². The number of aromatic nitrogens is 1. The molecule has 5 heteroatoms. The molecule has 0 aromatic carbocycles. The molecule has 1 amide bonds. The van der Waals surface area contributed by atoms with Crippen LogP contribution in [0.3, 0.4) is 0 Å². The van der Waals surface area contributed by atoms with Gasteiger partial charge in [0.1, 0.15) is 5.69 Å². The van der Waals surface area contributed by atoms with Crippen molar-refractivity contribution in [2.75, 3.05) is 5.32 Å². The lowest BCUT2D eigenvalue weighted by molar-refractivity contribution is -0.115. The summed E-state index contributed by atoms with van der Waals surface area (Å²) in [5.41, 5.74) is 1.51. The summed E-state index contributed by atoms with van der Waals surface area (Å²) in [7, 11) is 0. The number of carbonyl (C=O) groups is 1. The first-order valence-electron chi connectivity index (χ1n) is 5.19. The van der Waals surface area contributed by atoms with Crippen LogP contribution in [-0.4, -0.2) is 16.6 Å². The maximum atomic E-state index is 11.7. The van der Waals surface area contributed by atoms with Crippen LogP contribution >= 0.6 is 11.3 Å². The van der Waals surface area contributed by atoms with Gasteiger partial charge in [-0.05, 0) is 23.6 Å². The largest absolute Gasteiger partial charge is 0.309 e. The molecule has 2 aromatic heterocycles. The number of nitrogens with zero attached hydrogens (tertiary/aromatic N) is 2. The lowest BCUT2D eigenvalue weighted by Crippen LogP contribution is -2.14. The summed E-state index contributed by atoms with van der Waals surface area (Å²) >= 11 is 1.58. The van der Waals surface area contributed by atoms with Crippen LogP contribution in [0.25, 0.3) is 0 Å². The fourth-order valence-electron chi connectivity index (χ4n) is 1.68. The second-order valence-electron chi connectivity index (χ2n) is 3.63. The number of fused-ring (bicyclic) bond motifs is 1. The molecule has 0 saturated carbocycles. The van der Waals surface area contributed by atoms with Crippen LogP contribution in [0.15, 0.2) is 40.8 Å². The summed E-state index contributed by atoms with van der Waals surface area (Å²) in [5, 5.41) is 4.73. The highest BCUT2D eigenvalue weighted by molar-refractivity contribution is 7.12. The Kier molecular flexibility index (Phi) is 2.45. The Morgan fingerprint density at radius 3 is 3.06 bits per heavy atom. The van der Waals surface area contributed by atoms with Gasteiger partial charge >= 0.3 is 0 Å². The van der Waals surface area contributed by atoms with Gasteiger partial charge in [-0.3, -0.25) is 4.79 Å². The Balaban J connectivity index is 2.11. The first kappa shape index (κ1) is 10.2. The highest BCUT2D eigenvalue weighted by atomic mass is 32.1. The van der Waals surface area contributed by atoms with Crippen molar-refractivity contribution in [3.8, 4) is 0 Å². The van der Waals surface area contributed by atoms with Crippen molar-refractivity contribution < 1.29 is 4.79 Å². The molecule has 0 unspecified atom stereocenters. The molecule has 1 aliphatic heterocycles. The van der Waals surface area contributed by atoms with Crippen molar-refractivity contribution in [1.29, 1.82) is 0 Å². The van der Waals surface area contributed by atoms with Crippen LogP contribution in [0.5, 0.6) is 0 Å². The third-order valence-electron chi connectivity index (χ3n) is 2.43. The molecule has 0 atom stereocenters. The highest BCUT2D eigenvalue weighted by Gasteiger charge is 2.17. The fourth-order valence-corrected chi connectivity index (χ4v) is 2.40. The normalized spacial score (nSPS) is 14.6. The number of hydrogen-bond acceptors (Lipinski definition) is 4. The van der Waals surface area contributed by atoms with E-state index in [0.717, 1.165) is 10.6 Å². The molecule has 3 heterocycles. The number of amides is 1. The predicted molar refractivity (Wildman–Crippen MR) is 68.0 cm³/mol. The molecular formula is C12H9N3OS.